The maximum absolute atomic E-state index is 13.4. The number of carbonyl (C=O) groups is 3. The van der Waals surface area contributed by atoms with E-state index in [0.29, 0.717) is 18.9 Å². The van der Waals surface area contributed by atoms with Crippen LogP contribution in [0.2, 0.25) is 0 Å². The van der Waals surface area contributed by atoms with Gasteiger partial charge in [0.15, 0.2) is 0 Å². The summed E-state index contributed by atoms with van der Waals surface area (Å²) < 4.78 is 5.68. The van der Waals surface area contributed by atoms with Crippen molar-refractivity contribution in [1.82, 2.24) is 10.2 Å². The summed E-state index contributed by atoms with van der Waals surface area (Å²) in [5, 5.41) is 12.4. The van der Waals surface area contributed by atoms with Crippen molar-refractivity contribution in [3.8, 4) is 11.1 Å². The number of carboxylic acid groups (broad SMARTS) is 1. The van der Waals surface area contributed by atoms with Crippen LogP contribution in [0.1, 0.15) is 49.1 Å². The molecule has 0 aromatic heterocycles. The summed E-state index contributed by atoms with van der Waals surface area (Å²) in [6.07, 6.45) is 3.78. The topological polar surface area (TPSA) is 95.9 Å². The van der Waals surface area contributed by atoms with E-state index in [9.17, 15) is 19.5 Å². The van der Waals surface area contributed by atoms with Crippen LogP contribution in [0.15, 0.2) is 48.5 Å². The summed E-state index contributed by atoms with van der Waals surface area (Å²) in [7, 11) is 0. The zero-order valence-electron chi connectivity index (χ0n) is 19.6. The summed E-state index contributed by atoms with van der Waals surface area (Å²) in [6, 6.07) is 15.7. The van der Waals surface area contributed by atoms with Gasteiger partial charge >= 0.3 is 12.1 Å². The molecule has 7 heteroatoms. The van der Waals surface area contributed by atoms with E-state index in [-0.39, 0.29) is 30.4 Å². The highest BCUT2D eigenvalue weighted by Crippen LogP contribution is 2.56. The second-order valence-corrected chi connectivity index (χ2v) is 10.7. The minimum Gasteiger partial charge on any atom is -0.481 e. The molecule has 0 radical (unpaired) electrons. The molecule has 2 saturated carbocycles. The third-order valence-electron chi connectivity index (χ3n) is 8.35. The number of alkyl carbamates (subject to hydrolysis) is 1. The van der Waals surface area contributed by atoms with Crippen LogP contribution >= 0.6 is 0 Å². The lowest BCUT2D eigenvalue weighted by Crippen LogP contribution is -2.48. The number of nitrogens with one attached hydrogen (secondary N) is 1. The van der Waals surface area contributed by atoms with Crippen LogP contribution in [-0.2, 0) is 14.3 Å². The Morgan fingerprint density at radius 1 is 1.03 bits per heavy atom. The van der Waals surface area contributed by atoms with Gasteiger partial charge in [0, 0.05) is 24.4 Å². The highest BCUT2D eigenvalue weighted by Gasteiger charge is 2.59. The first-order valence-corrected chi connectivity index (χ1v) is 12.6. The molecule has 182 valence electrons. The molecular weight excluding hydrogens is 444 g/mol. The maximum atomic E-state index is 13.4. The third-order valence-corrected chi connectivity index (χ3v) is 8.35. The van der Waals surface area contributed by atoms with Crippen LogP contribution < -0.4 is 5.32 Å². The van der Waals surface area contributed by atoms with Gasteiger partial charge in [0.05, 0.1) is 5.92 Å². The van der Waals surface area contributed by atoms with Crippen LogP contribution in [0.4, 0.5) is 4.79 Å². The molecule has 1 spiro atoms. The van der Waals surface area contributed by atoms with Crippen LogP contribution in [-0.4, -0.2) is 53.7 Å². The monoisotopic (exact) mass is 474 g/mol. The highest BCUT2D eigenvalue weighted by molar-refractivity contribution is 5.87. The van der Waals surface area contributed by atoms with Crippen molar-refractivity contribution >= 4 is 18.0 Å². The Morgan fingerprint density at radius 3 is 2.20 bits per heavy atom. The third kappa shape index (κ3) is 4.07. The van der Waals surface area contributed by atoms with Crippen molar-refractivity contribution in [2.24, 2.45) is 17.3 Å². The van der Waals surface area contributed by atoms with Gasteiger partial charge in [-0.25, -0.2) is 4.79 Å². The number of carboxylic acids is 1. The molecule has 2 aromatic carbocycles. The number of nitrogens with zero attached hydrogens (tertiary/aromatic N) is 1. The molecule has 35 heavy (non-hydrogen) atoms. The van der Waals surface area contributed by atoms with Gasteiger partial charge in [-0.2, -0.15) is 0 Å². The molecule has 2 unspecified atom stereocenters. The smallest absolute Gasteiger partial charge is 0.407 e. The molecule has 3 aliphatic carbocycles. The number of rotatable bonds is 7. The fraction of sp³-hybridized carbons (Fsp3) is 0.464. The minimum atomic E-state index is -0.832. The molecule has 2 atom stereocenters. The Bertz CT molecular complexity index is 1140. The van der Waals surface area contributed by atoms with E-state index in [4.69, 9.17) is 4.74 Å². The second-order valence-electron chi connectivity index (χ2n) is 10.7. The van der Waals surface area contributed by atoms with Crippen molar-refractivity contribution in [2.45, 2.75) is 44.1 Å². The van der Waals surface area contributed by atoms with Crippen molar-refractivity contribution in [3.63, 3.8) is 0 Å². The van der Waals surface area contributed by atoms with Crippen LogP contribution in [0, 0.1) is 17.3 Å². The average molecular weight is 475 g/mol. The standard InChI is InChI=1S/C28H30N2O5/c31-25(30-14-23(26(32)33)28(16-30)11-12-28)24(13-17-9-10-17)29-27(34)35-15-22-20-7-3-1-5-18(20)19-6-2-4-8-21(19)22/h1-8,17,22-24H,9-16H2,(H,29,34)(H,32,33). The Kier molecular flexibility index (Phi) is 5.31. The van der Waals surface area contributed by atoms with E-state index >= 15 is 0 Å². The van der Waals surface area contributed by atoms with E-state index in [1.54, 1.807) is 4.90 Å². The number of hydrogen-bond acceptors (Lipinski definition) is 4. The first-order valence-electron chi connectivity index (χ1n) is 12.6. The Morgan fingerprint density at radius 2 is 1.66 bits per heavy atom. The van der Waals surface area contributed by atoms with Crippen molar-refractivity contribution in [1.29, 1.82) is 0 Å². The van der Waals surface area contributed by atoms with Gasteiger partial charge in [-0.15, -0.1) is 0 Å². The number of hydrogen-bond donors (Lipinski definition) is 2. The number of ether oxygens (including phenoxy) is 1. The zero-order valence-corrected chi connectivity index (χ0v) is 19.6. The van der Waals surface area contributed by atoms with Crippen molar-refractivity contribution in [2.75, 3.05) is 19.7 Å². The van der Waals surface area contributed by atoms with Gasteiger partial charge in [0.1, 0.15) is 12.6 Å². The van der Waals surface area contributed by atoms with E-state index in [2.05, 4.69) is 29.6 Å². The molecule has 3 fully saturated rings. The fourth-order valence-corrected chi connectivity index (χ4v) is 6.06. The summed E-state index contributed by atoms with van der Waals surface area (Å²) in [6.45, 7) is 0.885. The first kappa shape index (κ1) is 22.1. The summed E-state index contributed by atoms with van der Waals surface area (Å²) in [5.74, 6) is -1.15. The summed E-state index contributed by atoms with van der Waals surface area (Å²) in [5.41, 5.74) is 4.33. The van der Waals surface area contributed by atoms with E-state index in [1.165, 1.54) is 0 Å². The largest absolute Gasteiger partial charge is 0.481 e. The molecule has 2 N–H and O–H groups in total. The van der Waals surface area contributed by atoms with Crippen LogP contribution in [0.25, 0.3) is 11.1 Å². The lowest BCUT2D eigenvalue weighted by atomic mass is 9.93. The number of likely N-dealkylation sites (tertiary alicyclic amines) is 1. The normalized spacial score (nSPS) is 22.4. The van der Waals surface area contributed by atoms with Crippen molar-refractivity contribution in [3.05, 3.63) is 59.7 Å². The average Bonchev–Trinajstić information content (AvgIpc) is 3.76. The highest BCUT2D eigenvalue weighted by atomic mass is 16.5. The number of amides is 2. The number of aliphatic carboxylic acids is 1. The zero-order chi connectivity index (χ0) is 24.2. The lowest BCUT2D eigenvalue weighted by molar-refractivity contribution is -0.143. The van der Waals surface area contributed by atoms with Crippen LogP contribution in [0.3, 0.4) is 0 Å². The van der Waals surface area contributed by atoms with Gasteiger partial charge in [0.2, 0.25) is 5.91 Å². The van der Waals surface area contributed by atoms with Gasteiger partial charge in [-0.05, 0) is 47.4 Å². The van der Waals surface area contributed by atoms with E-state index < -0.39 is 24.0 Å². The fourth-order valence-electron chi connectivity index (χ4n) is 6.06. The Labute approximate surface area is 204 Å². The predicted molar refractivity (Wildman–Crippen MR) is 129 cm³/mol. The summed E-state index contributed by atoms with van der Waals surface area (Å²) >= 11 is 0. The van der Waals surface area contributed by atoms with Gasteiger partial charge in [-0.1, -0.05) is 61.4 Å². The van der Waals surface area contributed by atoms with Gasteiger partial charge in [0.25, 0.3) is 0 Å². The molecule has 2 amide bonds. The molecule has 1 saturated heterocycles. The predicted octanol–water partition coefficient (Wildman–Crippen LogP) is 4.02. The molecule has 4 aliphatic rings. The van der Waals surface area contributed by atoms with Gasteiger partial charge in [-0.3, -0.25) is 9.59 Å². The quantitative estimate of drug-likeness (QED) is 0.632. The van der Waals surface area contributed by atoms with Gasteiger partial charge < -0.3 is 20.1 Å². The van der Waals surface area contributed by atoms with E-state index in [0.717, 1.165) is 47.9 Å². The molecule has 6 rings (SSSR count). The Hall–Kier alpha value is -3.35. The molecule has 1 aliphatic heterocycles. The molecule has 2 aromatic rings. The molecule has 1 heterocycles. The molecule has 0 bridgehead atoms. The maximum Gasteiger partial charge on any atom is 0.407 e. The number of benzene rings is 2. The summed E-state index contributed by atoms with van der Waals surface area (Å²) in [4.78, 5) is 39.6. The number of fused-ring (bicyclic) bond motifs is 3. The van der Waals surface area contributed by atoms with Crippen molar-refractivity contribution < 1.29 is 24.2 Å². The Balaban J connectivity index is 1.13. The lowest BCUT2D eigenvalue weighted by Gasteiger charge is -2.24. The second kappa shape index (κ2) is 8.40. The number of carbonyl (C=O) groups excluding carboxylic acids is 2. The van der Waals surface area contributed by atoms with Crippen LogP contribution in [0.5, 0.6) is 0 Å². The minimum absolute atomic E-state index is 0.0460. The molecular formula is C28H30N2O5. The first-order chi connectivity index (χ1) is 16.9. The SMILES string of the molecule is O=C(NC(CC1CC1)C(=O)N1CC(C(=O)O)C2(CC2)C1)OCC1c2ccccc2-c2ccccc21. The van der Waals surface area contributed by atoms with E-state index in [1.807, 2.05) is 24.3 Å². The molecule has 7 nitrogen and oxygen atoms in total.